The molecule has 21 heavy (non-hydrogen) atoms. The maximum atomic E-state index is 5.63. The molecule has 1 aromatic heterocycles. The summed E-state index contributed by atoms with van der Waals surface area (Å²) in [6, 6.07) is 4.01. The molecule has 0 aromatic carbocycles. The average Bonchev–Trinajstić information content (AvgIpc) is 2.48. The van der Waals surface area contributed by atoms with Crippen LogP contribution < -0.4 is 10.1 Å². The van der Waals surface area contributed by atoms with E-state index in [0.717, 1.165) is 31.6 Å². The van der Waals surface area contributed by atoms with Gasteiger partial charge in [-0.05, 0) is 25.5 Å². The van der Waals surface area contributed by atoms with Crippen molar-refractivity contribution >= 4 is 0 Å². The minimum atomic E-state index is 0.618. The summed E-state index contributed by atoms with van der Waals surface area (Å²) in [7, 11) is 1.67. The van der Waals surface area contributed by atoms with Crippen molar-refractivity contribution in [2.45, 2.75) is 33.2 Å². The third kappa shape index (κ3) is 7.99. The summed E-state index contributed by atoms with van der Waals surface area (Å²) in [4.78, 5) is 4.48. The third-order valence-electron chi connectivity index (χ3n) is 3.03. The van der Waals surface area contributed by atoms with Crippen LogP contribution in [0.3, 0.4) is 0 Å². The van der Waals surface area contributed by atoms with Gasteiger partial charge >= 0.3 is 0 Å². The van der Waals surface area contributed by atoms with E-state index in [1.807, 2.05) is 13.0 Å². The lowest BCUT2D eigenvalue weighted by atomic mass is 10.2. The number of aromatic nitrogens is 1. The number of nitrogens with one attached hydrogen (secondary N) is 1. The Morgan fingerprint density at radius 2 is 2.00 bits per heavy atom. The first-order valence-electron chi connectivity index (χ1n) is 7.64. The van der Waals surface area contributed by atoms with E-state index in [4.69, 9.17) is 14.2 Å². The van der Waals surface area contributed by atoms with Crippen molar-refractivity contribution in [2.24, 2.45) is 0 Å². The molecule has 0 aliphatic rings. The Morgan fingerprint density at radius 3 is 2.71 bits per heavy atom. The molecule has 5 heteroatoms. The SMILES string of the molecule is CCCNCc1ccc(OCCCOCCOC)nc1C. The van der Waals surface area contributed by atoms with Gasteiger partial charge in [0.2, 0.25) is 5.88 Å². The second kappa shape index (κ2) is 11.5. The molecule has 1 N–H and O–H groups in total. The van der Waals surface area contributed by atoms with Crippen molar-refractivity contribution in [1.82, 2.24) is 10.3 Å². The number of hydrogen-bond donors (Lipinski definition) is 1. The highest BCUT2D eigenvalue weighted by Gasteiger charge is 2.02. The van der Waals surface area contributed by atoms with Crippen molar-refractivity contribution in [2.75, 3.05) is 40.1 Å². The molecule has 0 spiro atoms. The van der Waals surface area contributed by atoms with Gasteiger partial charge in [-0.3, -0.25) is 0 Å². The molecule has 0 saturated carbocycles. The first-order valence-corrected chi connectivity index (χ1v) is 7.64. The first kappa shape index (κ1) is 17.9. The molecular formula is C16H28N2O3. The molecule has 1 aromatic rings. The molecule has 0 bridgehead atoms. The summed E-state index contributed by atoms with van der Waals surface area (Å²) in [6.45, 7) is 8.63. The van der Waals surface area contributed by atoms with Crippen LogP contribution in [0.25, 0.3) is 0 Å². The smallest absolute Gasteiger partial charge is 0.213 e. The van der Waals surface area contributed by atoms with Gasteiger partial charge in [-0.25, -0.2) is 4.98 Å². The lowest BCUT2D eigenvalue weighted by Crippen LogP contribution is -2.15. The molecule has 0 amide bonds. The van der Waals surface area contributed by atoms with E-state index in [-0.39, 0.29) is 0 Å². The van der Waals surface area contributed by atoms with Crippen molar-refractivity contribution in [3.05, 3.63) is 23.4 Å². The number of hydrogen-bond acceptors (Lipinski definition) is 5. The van der Waals surface area contributed by atoms with E-state index in [9.17, 15) is 0 Å². The zero-order chi connectivity index (χ0) is 15.3. The zero-order valence-corrected chi connectivity index (χ0v) is 13.5. The van der Waals surface area contributed by atoms with Crippen molar-refractivity contribution in [3.8, 4) is 5.88 Å². The van der Waals surface area contributed by atoms with E-state index in [1.54, 1.807) is 7.11 Å². The van der Waals surface area contributed by atoms with Crippen LogP contribution in [-0.2, 0) is 16.0 Å². The van der Waals surface area contributed by atoms with Crippen LogP contribution in [0, 0.1) is 6.92 Å². The summed E-state index contributed by atoms with van der Waals surface area (Å²) in [5, 5.41) is 3.38. The predicted molar refractivity (Wildman–Crippen MR) is 83.8 cm³/mol. The Balaban J connectivity index is 2.22. The van der Waals surface area contributed by atoms with Gasteiger partial charge in [0.05, 0.1) is 19.8 Å². The molecular weight excluding hydrogens is 268 g/mol. The fraction of sp³-hybridized carbons (Fsp3) is 0.688. The normalized spacial score (nSPS) is 10.8. The summed E-state index contributed by atoms with van der Waals surface area (Å²) in [5.41, 5.74) is 2.24. The number of aryl methyl sites for hydroxylation is 1. The van der Waals surface area contributed by atoms with E-state index < -0.39 is 0 Å². The topological polar surface area (TPSA) is 52.6 Å². The highest BCUT2D eigenvalue weighted by Crippen LogP contribution is 2.12. The van der Waals surface area contributed by atoms with Crippen LogP contribution >= 0.6 is 0 Å². The third-order valence-corrected chi connectivity index (χ3v) is 3.03. The minimum absolute atomic E-state index is 0.618. The molecule has 0 saturated heterocycles. The maximum Gasteiger partial charge on any atom is 0.213 e. The second-order valence-electron chi connectivity index (χ2n) is 4.88. The van der Waals surface area contributed by atoms with Gasteiger partial charge in [0.1, 0.15) is 0 Å². The highest BCUT2D eigenvalue weighted by molar-refractivity contribution is 5.24. The lowest BCUT2D eigenvalue weighted by molar-refractivity contribution is 0.0642. The lowest BCUT2D eigenvalue weighted by Gasteiger charge is -2.10. The number of nitrogens with zero attached hydrogens (tertiary/aromatic N) is 1. The van der Waals surface area contributed by atoms with Crippen molar-refractivity contribution < 1.29 is 14.2 Å². The molecule has 0 radical (unpaired) electrons. The number of rotatable bonds is 12. The number of pyridine rings is 1. The quantitative estimate of drug-likeness (QED) is 0.600. The van der Waals surface area contributed by atoms with Crippen LogP contribution in [0.5, 0.6) is 5.88 Å². The first-order chi connectivity index (χ1) is 10.3. The van der Waals surface area contributed by atoms with E-state index >= 15 is 0 Å². The summed E-state index contributed by atoms with van der Waals surface area (Å²) >= 11 is 0. The number of ether oxygens (including phenoxy) is 3. The van der Waals surface area contributed by atoms with Gasteiger partial charge in [-0.2, -0.15) is 0 Å². The fourth-order valence-electron chi connectivity index (χ4n) is 1.82. The van der Waals surface area contributed by atoms with Crippen molar-refractivity contribution in [1.29, 1.82) is 0 Å². The predicted octanol–water partition coefficient (Wildman–Crippen LogP) is 2.32. The van der Waals surface area contributed by atoms with Crippen LogP contribution in [0.15, 0.2) is 12.1 Å². The molecule has 1 rings (SSSR count). The molecule has 0 fully saturated rings. The highest BCUT2D eigenvalue weighted by atomic mass is 16.5. The Hall–Kier alpha value is -1.17. The summed E-state index contributed by atoms with van der Waals surface area (Å²) < 4.78 is 15.9. The molecule has 1 heterocycles. The minimum Gasteiger partial charge on any atom is -0.478 e. The van der Waals surface area contributed by atoms with Gasteiger partial charge in [0.15, 0.2) is 0 Å². The summed E-state index contributed by atoms with van der Waals surface area (Å²) in [6.07, 6.45) is 1.99. The molecule has 5 nitrogen and oxygen atoms in total. The maximum absolute atomic E-state index is 5.63. The van der Waals surface area contributed by atoms with Gasteiger partial charge in [-0.1, -0.05) is 13.0 Å². The molecule has 0 aliphatic carbocycles. The molecule has 120 valence electrons. The van der Waals surface area contributed by atoms with E-state index in [2.05, 4.69) is 23.3 Å². The Bertz CT molecular complexity index is 386. The molecule has 0 unspecified atom stereocenters. The van der Waals surface area contributed by atoms with E-state index in [0.29, 0.717) is 32.3 Å². The van der Waals surface area contributed by atoms with E-state index in [1.165, 1.54) is 5.56 Å². The summed E-state index contributed by atoms with van der Waals surface area (Å²) in [5.74, 6) is 0.684. The standard InChI is InChI=1S/C16H28N2O3/c1-4-8-17-13-15-6-7-16(18-14(15)2)21-10-5-9-20-12-11-19-3/h6-7,17H,4-5,8-13H2,1-3H3. The van der Waals surface area contributed by atoms with Gasteiger partial charge < -0.3 is 19.5 Å². The Kier molecular flexibility index (Phi) is 9.78. The average molecular weight is 296 g/mol. The monoisotopic (exact) mass is 296 g/mol. The number of methoxy groups -OCH3 is 1. The van der Waals surface area contributed by atoms with Crippen LogP contribution in [0.2, 0.25) is 0 Å². The van der Waals surface area contributed by atoms with Crippen LogP contribution in [0.1, 0.15) is 31.0 Å². The Labute approximate surface area is 128 Å². The fourth-order valence-corrected chi connectivity index (χ4v) is 1.82. The largest absolute Gasteiger partial charge is 0.478 e. The zero-order valence-electron chi connectivity index (χ0n) is 13.5. The van der Waals surface area contributed by atoms with Gasteiger partial charge in [0.25, 0.3) is 0 Å². The second-order valence-corrected chi connectivity index (χ2v) is 4.88. The van der Waals surface area contributed by atoms with Gasteiger partial charge in [0, 0.05) is 38.4 Å². The van der Waals surface area contributed by atoms with Gasteiger partial charge in [-0.15, -0.1) is 0 Å². The van der Waals surface area contributed by atoms with Crippen LogP contribution in [0.4, 0.5) is 0 Å². The van der Waals surface area contributed by atoms with Crippen LogP contribution in [-0.4, -0.2) is 45.1 Å². The Morgan fingerprint density at radius 1 is 1.14 bits per heavy atom. The molecule has 0 atom stereocenters. The van der Waals surface area contributed by atoms with Crippen molar-refractivity contribution in [3.63, 3.8) is 0 Å². The molecule has 0 aliphatic heterocycles.